The lowest BCUT2D eigenvalue weighted by atomic mass is 10.1. The Morgan fingerprint density at radius 1 is 1.10 bits per heavy atom. The third kappa shape index (κ3) is 3.68. The van der Waals surface area contributed by atoms with Crippen molar-refractivity contribution in [3.8, 4) is 23.0 Å². The molecule has 4 rings (SSSR count). The minimum atomic E-state index is -0.101. The van der Waals surface area contributed by atoms with E-state index in [1.807, 2.05) is 60.4 Å². The van der Waals surface area contributed by atoms with E-state index in [1.165, 1.54) is 0 Å². The summed E-state index contributed by atoms with van der Waals surface area (Å²) in [6.45, 7) is 2.58. The monoisotopic (exact) mass is 393 g/mol. The Labute approximate surface area is 169 Å². The number of likely N-dealkylation sites (tertiary alicyclic amines) is 1. The Morgan fingerprint density at radius 3 is 2.59 bits per heavy atom. The molecule has 29 heavy (non-hydrogen) atoms. The molecule has 3 aromatic rings. The third-order valence-electron chi connectivity index (χ3n) is 5.37. The fourth-order valence-corrected chi connectivity index (χ4v) is 3.67. The van der Waals surface area contributed by atoms with Crippen LogP contribution in [-0.2, 0) is 4.79 Å². The van der Waals surface area contributed by atoms with Gasteiger partial charge in [-0.15, -0.1) is 0 Å². The highest BCUT2D eigenvalue weighted by Gasteiger charge is 2.36. The molecule has 0 N–H and O–H groups in total. The van der Waals surface area contributed by atoms with Crippen LogP contribution in [0.15, 0.2) is 53.1 Å². The average molecular weight is 393 g/mol. The highest BCUT2D eigenvalue weighted by molar-refractivity contribution is 5.80. The van der Waals surface area contributed by atoms with Crippen molar-refractivity contribution in [2.75, 3.05) is 20.8 Å². The molecule has 1 amide bonds. The van der Waals surface area contributed by atoms with Gasteiger partial charge in [0.15, 0.2) is 5.82 Å². The number of carbonyl (C=O) groups is 1. The number of rotatable bonds is 6. The first-order chi connectivity index (χ1) is 14.1. The molecular formula is C22H23N3O4. The number of ether oxygens (including phenoxy) is 2. The molecule has 150 valence electrons. The lowest BCUT2D eigenvalue weighted by Gasteiger charge is -2.25. The van der Waals surface area contributed by atoms with Crippen LogP contribution in [0, 0.1) is 0 Å². The van der Waals surface area contributed by atoms with E-state index in [9.17, 15) is 4.79 Å². The summed E-state index contributed by atoms with van der Waals surface area (Å²) in [6.07, 6.45) is 0.366. The lowest BCUT2D eigenvalue weighted by Crippen LogP contribution is -2.28. The zero-order chi connectivity index (χ0) is 20.4. The topological polar surface area (TPSA) is 77.7 Å². The van der Waals surface area contributed by atoms with Crippen LogP contribution in [0.5, 0.6) is 11.5 Å². The fourth-order valence-electron chi connectivity index (χ4n) is 3.67. The number of para-hydroxylation sites is 1. The molecule has 1 aliphatic rings. The number of hydrogen-bond acceptors (Lipinski definition) is 6. The number of hydrogen-bond donors (Lipinski definition) is 0. The highest BCUT2D eigenvalue weighted by atomic mass is 16.5. The molecule has 1 saturated heterocycles. The standard InChI is InChI=1S/C22H23N3O4/c1-14(15-8-10-17(27-2)11-9-15)25-13-16(12-20(25)26)21-23-22(29-24-21)18-6-4-5-7-19(18)28-3/h4-11,14,16H,12-13H2,1-3H3. The average Bonchev–Trinajstić information content (AvgIpc) is 3.40. The number of aromatic nitrogens is 2. The molecule has 7 heteroatoms. The van der Waals surface area contributed by atoms with Gasteiger partial charge in [0.05, 0.1) is 25.8 Å². The molecule has 2 heterocycles. The van der Waals surface area contributed by atoms with Crippen molar-refractivity contribution in [3.63, 3.8) is 0 Å². The molecular weight excluding hydrogens is 370 g/mol. The maximum absolute atomic E-state index is 12.7. The minimum Gasteiger partial charge on any atom is -0.497 e. The molecule has 1 aromatic heterocycles. The van der Waals surface area contributed by atoms with E-state index in [1.54, 1.807) is 14.2 Å². The number of carbonyl (C=O) groups excluding carboxylic acids is 1. The normalized spacial score (nSPS) is 17.4. The van der Waals surface area contributed by atoms with Crippen LogP contribution < -0.4 is 9.47 Å². The molecule has 0 aliphatic carbocycles. The van der Waals surface area contributed by atoms with Crippen molar-refractivity contribution >= 4 is 5.91 Å². The summed E-state index contributed by atoms with van der Waals surface area (Å²) >= 11 is 0. The number of benzene rings is 2. The summed E-state index contributed by atoms with van der Waals surface area (Å²) in [5.41, 5.74) is 1.80. The molecule has 2 unspecified atom stereocenters. The second-order valence-corrected chi connectivity index (χ2v) is 7.05. The molecule has 2 aromatic carbocycles. The maximum atomic E-state index is 12.7. The molecule has 0 bridgehead atoms. The number of methoxy groups -OCH3 is 2. The van der Waals surface area contributed by atoms with Gasteiger partial charge >= 0.3 is 0 Å². The summed E-state index contributed by atoms with van der Waals surface area (Å²) in [5.74, 6) is 2.38. The molecule has 7 nitrogen and oxygen atoms in total. The van der Waals surface area contributed by atoms with E-state index in [0.29, 0.717) is 30.4 Å². The van der Waals surface area contributed by atoms with Gasteiger partial charge in [0.2, 0.25) is 5.91 Å². The Kier molecular flexibility index (Phi) is 5.20. The van der Waals surface area contributed by atoms with E-state index in [4.69, 9.17) is 14.0 Å². The smallest absolute Gasteiger partial charge is 0.261 e. The molecule has 1 fully saturated rings. The van der Waals surface area contributed by atoms with Crippen LogP contribution in [0.25, 0.3) is 11.5 Å². The lowest BCUT2D eigenvalue weighted by molar-refractivity contribution is -0.129. The first-order valence-electron chi connectivity index (χ1n) is 9.51. The van der Waals surface area contributed by atoms with Gasteiger partial charge < -0.3 is 18.9 Å². The zero-order valence-corrected chi connectivity index (χ0v) is 16.7. The van der Waals surface area contributed by atoms with E-state index < -0.39 is 0 Å². The van der Waals surface area contributed by atoms with Crippen molar-refractivity contribution in [1.29, 1.82) is 0 Å². The van der Waals surface area contributed by atoms with Crippen molar-refractivity contribution in [2.24, 2.45) is 0 Å². The van der Waals surface area contributed by atoms with E-state index in [0.717, 1.165) is 16.9 Å². The molecule has 0 saturated carbocycles. The summed E-state index contributed by atoms with van der Waals surface area (Å²) in [6, 6.07) is 15.2. The van der Waals surface area contributed by atoms with Gasteiger partial charge in [0.25, 0.3) is 5.89 Å². The molecule has 2 atom stereocenters. The number of nitrogens with zero attached hydrogens (tertiary/aromatic N) is 3. The first-order valence-corrected chi connectivity index (χ1v) is 9.51. The van der Waals surface area contributed by atoms with Crippen LogP contribution in [0.4, 0.5) is 0 Å². The van der Waals surface area contributed by atoms with Crippen molar-refractivity contribution < 1.29 is 18.8 Å². The van der Waals surface area contributed by atoms with Gasteiger partial charge in [-0.3, -0.25) is 4.79 Å². The quantitative estimate of drug-likeness (QED) is 0.633. The van der Waals surface area contributed by atoms with Crippen molar-refractivity contribution in [3.05, 3.63) is 59.9 Å². The predicted octanol–water partition coefficient (Wildman–Crippen LogP) is 3.83. The van der Waals surface area contributed by atoms with E-state index in [-0.39, 0.29) is 17.9 Å². The fraction of sp³-hybridized carbons (Fsp3) is 0.318. The van der Waals surface area contributed by atoms with E-state index >= 15 is 0 Å². The van der Waals surface area contributed by atoms with Crippen molar-refractivity contribution in [1.82, 2.24) is 15.0 Å². The Morgan fingerprint density at radius 2 is 1.86 bits per heavy atom. The van der Waals surface area contributed by atoms with Crippen molar-refractivity contribution in [2.45, 2.75) is 25.3 Å². The highest BCUT2D eigenvalue weighted by Crippen LogP contribution is 2.35. The predicted molar refractivity (Wildman–Crippen MR) is 107 cm³/mol. The van der Waals surface area contributed by atoms with Crippen LogP contribution in [0.2, 0.25) is 0 Å². The van der Waals surface area contributed by atoms with Gasteiger partial charge in [0, 0.05) is 18.9 Å². The first kappa shape index (κ1) is 19.0. The van der Waals surface area contributed by atoms with Gasteiger partial charge in [-0.05, 0) is 36.8 Å². The molecule has 1 aliphatic heterocycles. The summed E-state index contributed by atoms with van der Waals surface area (Å²) in [7, 11) is 3.24. The summed E-state index contributed by atoms with van der Waals surface area (Å²) in [4.78, 5) is 19.1. The second kappa shape index (κ2) is 7.95. The van der Waals surface area contributed by atoms with Gasteiger partial charge in [0.1, 0.15) is 11.5 Å². The number of amides is 1. The Hall–Kier alpha value is -3.35. The Bertz CT molecular complexity index is 999. The summed E-state index contributed by atoms with van der Waals surface area (Å²) in [5, 5.41) is 4.14. The van der Waals surface area contributed by atoms with E-state index in [2.05, 4.69) is 10.1 Å². The van der Waals surface area contributed by atoms with Gasteiger partial charge in [-0.2, -0.15) is 4.98 Å². The Balaban J connectivity index is 1.51. The molecule has 0 spiro atoms. The second-order valence-electron chi connectivity index (χ2n) is 7.05. The largest absolute Gasteiger partial charge is 0.497 e. The van der Waals surface area contributed by atoms with Gasteiger partial charge in [-0.25, -0.2) is 0 Å². The molecule has 0 radical (unpaired) electrons. The maximum Gasteiger partial charge on any atom is 0.261 e. The van der Waals surface area contributed by atoms with Crippen LogP contribution in [0.1, 0.15) is 36.7 Å². The van der Waals surface area contributed by atoms with Crippen LogP contribution in [-0.4, -0.2) is 41.7 Å². The van der Waals surface area contributed by atoms with Crippen LogP contribution in [0.3, 0.4) is 0 Å². The van der Waals surface area contributed by atoms with Gasteiger partial charge in [-0.1, -0.05) is 29.4 Å². The van der Waals surface area contributed by atoms with Crippen LogP contribution >= 0.6 is 0 Å². The summed E-state index contributed by atoms with van der Waals surface area (Å²) < 4.78 is 16.0. The third-order valence-corrected chi connectivity index (χ3v) is 5.37. The zero-order valence-electron chi connectivity index (χ0n) is 16.7. The minimum absolute atomic E-state index is 0.0426. The SMILES string of the molecule is COc1ccc(C(C)N2CC(c3noc(-c4ccccc4OC)n3)CC2=O)cc1.